The Hall–Kier alpha value is -3.99. The molecule has 11 nitrogen and oxygen atoms in total. The number of imide groups is 1. The van der Waals surface area contributed by atoms with Gasteiger partial charge in [-0.1, -0.05) is 12.1 Å². The molecule has 11 heteroatoms. The lowest BCUT2D eigenvalue weighted by Gasteiger charge is -2.36. The summed E-state index contributed by atoms with van der Waals surface area (Å²) in [6.07, 6.45) is -0.691. The smallest absolute Gasteiger partial charge is 0.325 e. The first-order valence-electron chi connectivity index (χ1n) is 11.5. The number of nitrogens with zero attached hydrogens (tertiary/aromatic N) is 2. The molecule has 4 amide bonds. The molecule has 5 rings (SSSR count). The first-order valence-corrected chi connectivity index (χ1v) is 11.5. The predicted molar refractivity (Wildman–Crippen MR) is 124 cm³/mol. The fraction of sp³-hybridized carbons (Fsp3) is 0.375. The van der Waals surface area contributed by atoms with E-state index in [1.165, 1.54) is 0 Å². The highest BCUT2D eigenvalue weighted by atomic mass is 16.6. The Balaban J connectivity index is 1.05. The minimum atomic E-state index is -0.691. The lowest BCUT2D eigenvalue weighted by atomic mass is 10.2. The lowest BCUT2D eigenvalue weighted by Crippen LogP contribution is -2.55. The van der Waals surface area contributed by atoms with E-state index in [0.717, 1.165) is 0 Å². The van der Waals surface area contributed by atoms with Gasteiger partial charge in [0.25, 0.3) is 5.91 Å². The second kappa shape index (κ2) is 10.1. The Bertz CT molecular complexity index is 1120. The molecule has 35 heavy (non-hydrogen) atoms. The Morgan fingerprint density at radius 2 is 1.57 bits per heavy atom. The van der Waals surface area contributed by atoms with E-state index in [9.17, 15) is 14.4 Å². The Morgan fingerprint density at radius 3 is 2.37 bits per heavy atom. The van der Waals surface area contributed by atoms with Crippen LogP contribution >= 0.6 is 0 Å². The number of piperazine rings is 1. The number of carbonyl (C=O) groups is 3. The predicted octanol–water partition coefficient (Wildman–Crippen LogP) is 1.09. The number of hydrogen-bond acceptors (Lipinski definition) is 8. The van der Waals surface area contributed by atoms with Crippen LogP contribution in [0.15, 0.2) is 42.5 Å². The van der Waals surface area contributed by atoms with Crippen molar-refractivity contribution >= 4 is 23.5 Å². The first kappa shape index (κ1) is 22.8. The van der Waals surface area contributed by atoms with Gasteiger partial charge >= 0.3 is 6.03 Å². The highest BCUT2D eigenvalue weighted by Crippen LogP contribution is 2.33. The third kappa shape index (κ3) is 5.40. The number of fused-ring (bicyclic) bond motifs is 2. The van der Waals surface area contributed by atoms with Crippen molar-refractivity contribution in [1.82, 2.24) is 15.1 Å². The van der Waals surface area contributed by atoms with Crippen molar-refractivity contribution in [1.29, 1.82) is 0 Å². The van der Waals surface area contributed by atoms with E-state index in [-0.39, 0.29) is 19.1 Å². The largest absolute Gasteiger partial charge is 0.486 e. The average molecular weight is 482 g/mol. The summed E-state index contributed by atoms with van der Waals surface area (Å²) in [6, 6.07) is 11.6. The van der Waals surface area contributed by atoms with Crippen LogP contribution in [0.5, 0.6) is 23.0 Å². The van der Waals surface area contributed by atoms with Crippen molar-refractivity contribution in [3.63, 3.8) is 0 Å². The Morgan fingerprint density at radius 1 is 0.857 bits per heavy atom. The Kier molecular flexibility index (Phi) is 6.57. The fourth-order valence-electron chi connectivity index (χ4n) is 4.12. The van der Waals surface area contributed by atoms with Gasteiger partial charge < -0.3 is 29.2 Å². The van der Waals surface area contributed by atoms with E-state index >= 15 is 0 Å². The summed E-state index contributed by atoms with van der Waals surface area (Å²) in [5.41, 5.74) is 0.489. The van der Waals surface area contributed by atoms with Gasteiger partial charge in [0.2, 0.25) is 12.0 Å². The van der Waals surface area contributed by atoms with Crippen LogP contribution in [0.25, 0.3) is 0 Å². The third-order valence-corrected chi connectivity index (χ3v) is 5.89. The molecule has 0 unspecified atom stereocenters. The summed E-state index contributed by atoms with van der Waals surface area (Å²) < 4.78 is 22.4. The zero-order chi connectivity index (χ0) is 24.2. The van der Waals surface area contributed by atoms with E-state index < -0.39 is 18.0 Å². The number of rotatable bonds is 4. The minimum Gasteiger partial charge on any atom is -0.486 e. The molecule has 1 atom stereocenters. The molecule has 1 saturated heterocycles. The molecule has 0 saturated carbocycles. The average Bonchev–Trinajstić information content (AvgIpc) is 2.88. The molecular formula is C24H26N4O7. The molecule has 2 aromatic carbocycles. The van der Waals surface area contributed by atoms with Gasteiger partial charge in [0.1, 0.15) is 19.8 Å². The molecule has 0 spiro atoms. The maximum atomic E-state index is 12.9. The highest BCUT2D eigenvalue weighted by molar-refractivity contribution is 6.01. The molecule has 3 aliphatic heterocycles. The molecule has 0 bridgehead atoms. The van der Waals surface area contributed by atoms with Crippen LogP contribution in [-0.4, -0.2) is 86.3 Å². The molecule has 0 radical (unpaired) electrons. The quantitative estimate of drug-likeness (QED) is 0.665. The number of urea groups is 1. The Labute approximate surface area is 201 Å². The van der Waals surface area contributed by atoms with Gasteiger partial charge in [-0.2, -0.15) is 0 Å². The van der Waals surface area contributed by atoms with E-state index in [1.54, 1.807) is 35.2 Å². The van der Waals surface area contributed by atoms with E-state index in [4.69, 9.17) is 18.9 Å². The normalized spacial score (nSPS) is 19.0. The van der Waals surface area contributed by atoms with E-state index in [2.05, 4.69) is 10.6 Å². The standard InChI is InChI=1S/C24H26N4O7/c29-22(26-24(31)25-16-5-6-18-20(13-16)33-12-11-32-18)14-27-7-9-28(10-8-27)23(30)21-15-34-17-3-1-2-4-19(17)35-21/h1-6,13,21H,7-12,14-15H2,(H2,25,26,29,31)/t21-/m0/s1. The van der Waals surface area contributed by atoms with Gasteiger partial charge in [-0.05, 0) is 24.3 Å². The number of anilines is 1. The number of para-hydroxylation sites is 2. The summed E-state index contributed by atoms with van der Waals surface area (Å²) >= 11 is 0. The number of amides is 4. The van der Waals surface area contributed by atoms with Crippen molar-refractivity contribution in [3.05, 3.63) is 42.5 Å². The summed E-state index contributed by atoms with van der Waals surface area (Å²) in [7, 11) is 0. The van der Waals surface area contributed by atoms with E-state index in [1.807, 2.05) is 17.0 Å². The van der Waals surface area contributed by atoms with Crippen molar-refractivity contribution in [2.75, 3.05) is 57.9 Å². The van der Waals surface area contributed by atoms with Gasteiger partial charge in [0.15, 0.2) is 23.0 Å². The molecule has 2 aromatic rings. The number of benzene rings is 2. The molecule has 3 aliphatic rings. The van der Waals surface area contributed by atoms with Crippen LogP contribution in [0.4, 0.5) is 10.5 Å². The zero-order valence-electron chi connectivity index (χ0n) is 19.0. The van der Waals surface area contributed by atoms with Crippen molar-refractivity contribution in [2.45, 2.75) is 6.10 Å². The van der Waals surface area contributed by atoms with Gasteiger partial charge in [0.05, 0.1) is 6.54 Å². The highest BCUT2D eigenvalue weighted by Gasteiger charge is 2.33. The minimum absolute atomic E-state index is 0.0486. The van der Waals surface area contributed by atoms with Crippen LogP contribution in [0, 0.1) is 0 Å². The third-order valence-electron chi connectivity index (χ3n) is 5.89. The van der Waals surface area contributed by atoms with E-state index in [0.29, 0.717) is 68.1 Å². The molecule has 0 aliphatic carbocycles. The van der Waals surface area contributed by atoms with Crippen molar-refractivity contribution in [3.8, 4) is 23.0 Å². The first-order chi connectivity index (χ1) is 17.0. The molecule has 2 N–H and O–H groups in total. The second-order valence-corrected chi connectivity index (χ2v) is 8.33. The number of hydrogen-bond donors (Lipinski definition) is 2. The monoisotopic (exact) mass is 482 g/mol. The fourth-order valence-corrected chi connectivity index (χ4v) is 4.12. The molecule has 3 heterocycles. The van der Waals surface area contributed by atoms with Crippen LogP contribution in [0.1, 0.15) is 0 Å². The zero-order valence-corrected chi connectivity index (χ0v) is 19.0. The molecule has 1 fully saturated rings. The van der Waals surface area contributed by atoms with Gasteiger partial charge in [-0.25, -0.2) is 4.79 Å². The maximum absolute atomic E-state index is 12.9. The van der Waals surface area contributed by atoms with Crippen molar-refractivity contribution < 1.29 is 33.3 Å². The summed E-state index contributed by atoms with van der Waals surface area (Å²) in [5.74, 6) is 1.78. The summed E-state index contributed by atoms with van der Waals surface area (Å²) in [4.78, 5) is 41.0. The summed E-state index contributed by atoms with van der Waals surface area (Å²) in [5, 5.41) is 4.95. The van der Waals surface area contributed by atoms with Crippen LogP contribution in [0.3, 0.4) is 0 Å². The van der Waals surface area contributed by atoms with Gasteiger partial charge in [-0.15, -0.1) is 0 Å². The van der Waals surface area contributed by atoms with Crippen LogP contribution in [-0.2, 0) is 9.59 Å². The van der Waals surface area contributed by atoms with Crippen LogP contribution in [0.2, 0.25) is 0 Å². The van der Waals surface area contributed by atoms with Gasteiger partial charge in [-0.3, -0.25) is 19.8 Å². The lowest BCUT2D eigenvalue weighted by molar-refractivity contribution is -0.143. The number of nitrogens with one attached hydrogen (secondary N) is 2. The van der Waals surface area contributed by atoms with Gasteiger partial charge in [0, 0.05) is 37.9 Å². The van der Waals surface area contributed by atoms with Crippen LogP contribution < -0.4 is 29.6 Å². The molecule has 0 aromatic heterocycles. The number of carbonyl (C=O) groups excluding carboxylic acids is 3. The molecular weight excluding hydrogens is 456 g/mol. The maximum Gasteiger partial charge on any atom is 0.325 e. The topological polar surface area (TPSA) is 119 Å². The molecule has 184 valence electrons. The van der Waals surface area contributed by atoms with Crippen molar-refractivity contribution in [2.24, 2.45) is 0 Å². The SMILES string of the molecule is O=C(CN1CCN(C(=O)[C@@H]2COc3ccccc3O2)CC1)NC(=O)Nc1ccc2c(c1)OCCO2. The number of ether oxygens (including phenoxy) is 4. The second-order valence-electron chi connectivity index (χ2n) is 8.33. The summed E-state index contributed by atoms with van der Waals surface area (Å²) in [6.45, 7) is 3.06.